The van der Waals surface area contributed by atoms with Gasteiger partial charge in [0.2, 0.25) is 5.91 Å². The van der Waals surface area contributed by atoms with Gasteiger partial charge in [-0.3, -0.25) is 4.79 Å². The summed E-state index contributed by atoms with van der Waals surface area (Å²) in [6.07, 6.45) is 0. The van der Waals surface area contributed by atoms with Crippen LogP contribution >= 0.6 is 11.8 Å². The van der Waals surface area contributed by atoms with E-state index in [4.69, 9.17) is 4.74 Å². The number of nitrogens with zero attached hydrogens (tertiary/aromatic N) is 3. The van der Waals surface area contributed by atoms with Crippen LogP contribution in [0.25, 0.3) is 11.0 Å². The maximum absolute atomic E-state index is 12.8. The molecule has 0 bridgehead atoms. The number of methoxy groups -OCH3 is 1. The van der Waals surface area contributed by atoms with Crippen LogP contribution in [-0.2, 0) is 11.3 Å². The summed E-state index contributed by atoms with van der Waals surface area (Å²) in [4.78, 5) is 20.5. The van der Waals surface area contributed by atoms with Crippen molar-refractivity contribution in [3.8, 4) is 5.75 Å². The SMILES string of the molecule is CC[n+]1c(SCC(=O)N2CCN(c3ccccc3OC)CC2)[nH]c2ccccc21. The monoisotopic (exact) mass is 411 g/mol. The lowest BCUT2D eigenvalue weighted by atomic mass is 10.2. The smallest absolute Gasteiger partial charge is 0.317 e. The zero-order chi connectivity index (χ0) is 20.2. The molecule has 7 heteroatoms. The summed E-state index contributed by atoms with van der Waals surface area (Å²) in [6.45, 7) is 6.10. The molecule has 1 aliphatic rings. The largest absolute Gasteiger partial charge is 0.495 e. The molecule has 4 rings (SSSR count). The number of aromatic amines is 1. The van der Waals surface area contributed by atoms with E-state index in [1.54, 1.807) is 18.9 Å². The summed E-state index contributed by atoms with van der Waals surface area (Å²) in [5, 5.41) is 1.04. The molecule has 1 amide bonds. The number of hydrogen-bond donors (Lipinski definition) is 1. The summed E-state index contributed by atoms with van der Waals surface area (Å²) in [5.74, 6) is 1.52. The molecule has 2 aromatic carbocycles. The Labute approximate surface area is 175 Å². The van der Waals surface area contributed by atoms with Gasteiger partial charge in [0, 0.05) is 26.2 Å². The van der Waals surface area contributed by atoms with Crippen molar-refractivity contribution in [2.24, 2.45) is 0 Å². The fourth-order valence-electron chi connectivity index (χ4n) is 3.84. The van der Waals surface area contributed by atoms with E-state index in [2.05, 4.69) is 39.6 Å². The molecule has 3 aromatic rings. The number of hydrogen-bond acceptors (Lipinski definition) is 4. The number of thioether (sulfide) groups is 1. The van der Waals surface area contributed by atoms with Gasteiger partial charge in [0.15, 0.2) is 11.0 Å². The molecule has 1 aliphatic heterocycles. The lowest BCUT2D eigenvalue weighted by Gasteiger charge is -2.36. The average Bonchev–Trinajstić information content (AvgIpc) is 3.15. The van der Waals surface area contributed by atoms with Crippen molar-refractivity contribution in [2.75, 3.05) is 43.9 Å². The third-order valence-corrected chi connectivity index (χ3v) is 6.38. The van der Waals surface area contributed by atoms with Crippen LogP contribution in [0, 0.1) is 0 Å². The van der Waals surface area contributed by atoms with Crippen molar-refractivity contribution in [3.05, 3.63) is 48.5 Å². The van der Waals surface area contributed by atoms with Gasteiger partial charge in [-0.25, -0.2) is 9.55 Å². The van der Waals surface area contributed by atoms with E-state index in [9.17, 15) is 4.79 Å². The molecule has 0 spiro atoms. The molecule has 1 aromatic heterocycles. The number of carbonyl (C=O) groups excluding carboxylic acids is 1. The third-order valence-electron chi connectivity index (χ3n) is 5.39. The minimum Gasteiger partial charge on any atom is -0.495 e. The highest BCUT2D eigenvalue weighted by Gasteiger charge is 2.25. The molecule has 0 unspecified atom stereocenters. The number of aryl methyl sites for hydroxylation is 1. The molecule has 0 aliphatic carbocycles. The summed E-state index contributed by atoms with van der Waals surface area (Å²) < 4.78 is 7.70. The lowest BCUT2D eigenvalue weighted by molar-refractivity contribution is -0.705. The summed E-state index contributed by atoms with van der Waals surface area (Å²) in [5.41, 5.74) is 3.38. The Bertz CT molecular complexity index is 995. The van der Waals surface area contributed by atoms with Crippen molar-refractivity contribution in [1.29, 1.82) is 0 Å². The van der Waals surface area contributed by atoms with Gasteiger partial charge in [0.1, 0.15) is 5.75 Å². The Kier molecular flexibility index (Phi) is 5.94. The second kappa shape index (κ2) is 8.78. The Balaban J connectivity index is 1.36. The number of fused-ring (bicyclic) bond motifs is 1. The molecular formula is C22H27N4O2S+. The second-order valence-electron chi connectivity index (χ2n) is 7.02. The molecule has 0 atom stereocenters. The first-order valence-corrected chi connectivity index (χ1v) is 11.0. The van der Waals surface area contributed by atoms with Crippen molar-refractivity contribution < 1.29 is 14.1 Å². The van der Waals surface area contributed by atoms with Gasteiger partial charge >= 0.3 is 5.16 Å². The quantitative estimate of drug-likeness (QED) is 0.501. The number of benzene rings is 2. The van der Waals surface area contributed by atoms with E-state index < -0.39 is 0 Å². The van der Waals surface area contributed by atoms with E-state index in [-0.39, 0.29) is 5.91 Å². The standard InChI is InChI=1S/C22H26N4O2S/c1-3-26-18-9-5-4-8-17(18)23-22(26)29-16-21(27)25-14-12-24(13-15-25)19-10-6-7-11-20(19)28-2/h4-11H,3,12-16H2,1-2H3/p+1. The van der Waals surface area contributed by atoms with Gasteiger partial charge < -0.3 is 14.5 Å². The van der Waals surface area contributed by atoms with Gasteiger partial charge in [0.25, 0.3) is 0 Å². The maximum Gasteiger partial charge on any atom is 0.317 e. The maximum atomic E-state index is 12.8. The lowest BCUT2D eigenvalue weighted by Crippen LogP contribution is -2.49. The number of para-hydroxylation sites is 4. The first-order valence-electron chi connectivity index (χ1n) is 10.0. The van der Waals surface area contributed by atoms with E-state index in [1.807, 2.05) is 35.2 Å². The Morgan fingerprint density at radius 1 is 1.10 bits per heavy atom. The van der Waals surface area contributed by atoms with Crippen LogP contribution in [0.5, 0.6) is 5.75 Å². The fraction of sp³-hybridized carbons (Fsp3) is 0.364. The van der Waals surface area contributed by atoms with Crippen molar-refractivity contribution in [1.82, 2.24) is 9.88 Å². The molecule has 2 heterocycles. The van der Waals surface area contributed by atoms with E-state index >= 15 is 0 Å². The van der Waals surface area contributed by atoms with Crippen LogP contribution in [0.4, 0.5) is 5.69 Å². The van der Waals surface area contributed by atoms with Gasteiger partial charge in [-0.05, 0) is 43.0 Å². The highest BCUT2D eigenvalue weighted by molar-refractivity contribution is 7.99. The highest BCUT2D eigenvalue weighted by atomic mass is 32.2. The van der Waals surface area contributed by atoms with Crippen molar-refractivity contribution in [2.45, 2.75) is 18.6 Å². The first-order chi connectivity index (χ1) is 14.2. The number of rotatable bonds is 6. The number of H-pyrrole nitrogens is 1. The van der Waals surface area contributed by atoms with Gasteiger partial charge in [-0.1, -0.05) is 24.3 Å². The summed E-state index contributed by atoms with van der Waals surface area (Å²) in [6, 6.07) is 16.3. The predicted molar refractivity (Wildman–Crippen MR) is 117 cm³/mol. The van der Waals surface area contributed by atoms with Crippen LogP contribution < -0.4 is 14.2 Å². The van der Waals surface area contributed by atoms with E-state index in [0.29, 0.717) is 5.75 Å². The molecular weight excluding hydrogens is 384 g/mol. The number of ether oxygens (including phenoxy) is 1. The minimum absolute atomic E-state index is 0.191. The molecule has 29 heavy (non-hydrogen) atoms. The zero-order valence-corrected chi connectivity index (χ0v) is 17.7. The zero-order valence-electron chi connectivity index (χ0n) is 16.9. The molecule has 0 radical (unpaired) electrons. The van der Waals surface area contributed by atoms with Crippen LogP contribution in [0.3, 0.4) is 0 Å². The molecule has 6 nitrogen and oxygen atoms in total. The number of amides is 1. The molecule has 152 valence electrons. The molecule has 1 N–H and O–H groups in total. The van der Waals surface area contributed by atoms with Gasteiger partial charge in [-0.2, -0.15) is 0 Å². The Morgan fingerprint density at radius 2 is 1.83 bits per heavy atom. The number of carbonyl (C=O) groups is 1. The van der Waals surface area contributed by atoms with Crippen molar-refractivity contribution >= 4 is 34.4 Å². The first kappa shape index (κ1) is 19.6. The number of aromatic nitrogens is 2. The molecule has 1 saturated heterocycles. The van der Waals surface area contributed by atoms with Crippen LogP contribution in [0.15, 0.2) is 53.7 Å². The Morgan fingerprint density at radius 3 is 2.59 bits per heavy atom. The third kappa shape index (κ3) is 4.05. The van der Waals surface area contributed by atoms with Gasteiger partial charge in [-0.15, -0.1) is 0 Å². The molecule has 0 saturated carbocycles. The second-order valence-corrected chi connectivity index (χ2v) is 7.98. The van der Waals surface area contributed by atoms with E-state index in [0.717, 1.165) is 54.8 Å². The summed E-state index contributed by atoms with van der Waals surface area (Å²) >= 11 is 1.58. The van der Waals surface area contributed by atoms with Crippen LogP contribution in [0.1, 0.15) is 6.92 Å². The minimum atomic E-state index is 0.191. The Hall–Kier alpha value is -2.67. The van der Waals surface area contributed by atoms with Crippen molar-refractivity contribution in [3.63, 3.8) is 0 Å². The number of piperazine rings is 1. The highest BCUT2D eigenvalue weighted by Crippen LogP contribution is 2.28. The fourth-order valence-corrected chi connectivity index (χ4v) is 4.85. The predicted octanol–water partition coefficient (Wildman–Crippen LogP) is 2.92. The number of anilines is 1. The normalized spacial score (nSPS) is 14.4. The topological polar surface area (TPSA) is 52.4 Å². The average molecular weight is 412 g/mol. The number of nitrogens with one attached hydrogen (secondary N) is 1. The summed E-state index contributed by atoms with van der Waals surface area (Å²) in [7, 11) is 1.70. The van der Waals surface area contributed by atoms with E-state index in [1.165, 1.54) is 5.52 Å². The molecule has 1 fully saturated rings. The van der Waals surface area contributed by atoms with Crippen LogP contribution in [-0.4, -0.2) is 54.8 Å². The van der Waals surface area contributed by atoms with Gasteiger partial charge in [0.05, 0.1) is 25.1 Å². The van der Waals surface area contributed by atoms with Crippen LogP contribution in [0.2, 0.25) is 0 Å². The number of imidazole rings is 1.